The van der Waals surface area contributed by atoms with Gasteiger partial charge in [0.25, 0.3) is 5.22 Å². The Morgan fingerprint density at radius 3 is 3.06 bits per heavy atom. The maximum absolute atomic E-state index is 9.76. The van der Waals surface area contributed by atoms with Crippen molar-refractivity contribution >= 4 is 22.9 Å². The van der Waals surface area contributed by atoms with Gasteiger partial charge in [-0.25, -0.2) is 4.98 Å². The molecule has 98 valence electrons. The van der Waals surface area contributed by atoms with Crippen LogP contribution in [-0.2, 0) is 0 Å². The summed E-state index contributed by atoms with van der Waals surface area (Å²) >= 11 is 1.44. The van der Waals surface area contributed by atoms with Gasteiger partial charge in [-0.2, -0.15) is 0 Å². The highest BCUT2D eigenvalue weighted by Gasteiger charge is 2.09. The zero-order valence-corrected chi connectivity index (χ0v) is 11.2. The van der Waals surface area contributed by atoms with Gasteiger partial charge in [-0.3, -0.25) is 0 Å². The van der Waals surface area contributed by atoms with E-state index < -0.39 is 0 Å². The Hall–Kier alpha value is -1.04. The Labute approximate surface area is 111 Å². The van der Waals surface area contributed by atoms with Crippen LogP contribution in [0, 0.1) is 0 Å². The molecule has 1 aromatic carbocycles. The molecule has 0 aliphatic heterocycles. The van der Waals surface area contributed by atoms with Crippen molar-refractivity contribution in [2.24, 2.45) is 0 Å². The normalized spacial score (nSPS) is 13.0. The molecule has 1 aromatic heterocycles. The third kappa shape index (κ3) is 3.73. The Balaban J connectivity index is 1.82. The van der Waals surface area contributed by atoms with Gasteiger partial charge in [0.15, 0.2) is 5.58 Å². The molecule has 5 heteroatoms. The fraction of sp³-hybridized carbons (Fsp3) is 0.462. The van der Waals surface area contributed by atoms with Crippen LogP contribution < -0.4 is 5.32 Å². The lowest BCUT2D eigenvalue weighted by Crippen LogP contribution is -2.28. The predicted molar refractivity (Wildman–Crippen MR) is 73.9 cm³/mol. The highest BCUT2D eigenvalue weighted by Crippen LogP contribution is 2.23. The van der Waals surface area contributed by atoms with Gasteiger partial charge in [0.05, 0.1) is 6.10 Å². The first kappa shape index (κ1) is 13.4. The lowest BCUT2D eigenvalue weighted by Gasteiger charge is -2.09. The number of nitrogens with zero attached hydrogens (tertiary/aromatic N) is 1. The van der Waals surface area contributed by atoms with Crippen LogP contribution in [0.2, 0.25) is 0 Å². The summed E-state index contributed by atoms with van der Waals surface area (Å²) in [6.07, 6.45) is 0.696. The maximum Gasteiger partial charge on any atom is 0.256 e. The van der Waals surface area contributed by atoms with E-state index in [1.54, 1.807) is 0 Å². The largest absolute Gasteiger partial charge is 0.431 e. The van der Waals surface area contributed by atoms with Gasteiger partial charge in [0, 0.05) is 12.3 Å². The number of hydrogen-bond acceptors (Lipinski definition) is 5. The number of aliphatic hydroxyl groups excluding tert-OH is 1. The van der Waals surface area contributed by atoms with Gasteiger partial charge in [0.1, 0.15) is 5.52 Å². The number of benzene rings is 1. The summed E-state index contributed by atoms with van der Waals surface area (Å²) < 4.78 is 5.56. The minimum absolute atomic E-state index is 0.378. The molecule has 2 N–H and O–H groups in total. The Bertz CT molecular complexity index is 454. The minimum Gasteiger partial charge on any atom is -0.431 e. The van der Waals surface area contributed by atoms with Crippen molar-refractivity contribution in [2.75, 3.05) is 18.8 Å². The second-order valence-electron chi connectivity index (χ2n) is 4.12. The molecule has 2 aromatic rings. The SMILES string of the molecule is CCCNCC(O)CSc1nc2ccccc2o1. The molecule has 0 aliphatic carbocycles. The van der Waals surface area contributed by atoms with Gasteiger partial charge < -0.3 is 14.8 Å². The van der Waals surface area contributed by atoms with E-state index in [-0.39, 0.29) is 6.10 Å². The molecule has 0 fully saturated rings. The van der Waals surface area contributed by atoms with Crippen LogP contribution in [-0.4, -0.2) is 35.0 Å². The van der Waals surface area contributed by atoms with Crippen LogP contribution in [0.25, 0.3) is 11.1 Å². The highest BCUT2D eigenvalue weighted by atomic mass is 32.2. The van der Waals surface area contributed by atoms with E-state index in [4.69, 9.17) is 4.42 Å². The summed E-state index contributed by atoms with van der Waals surface area (Å²) in [5, 5.41) is 13.6. The number of thioether (sulfide) groups is 1. The summed E-state index contributed by atoms with van der Waals surface area (Å²) in [4.78, 5) is 4.35. The van der Waals surface area contributed by atoms with Gasteiger partial charge in [-0.15, -0.1) is 0 Å². The molecule has 0 saturated carbocycles. The molecule has 1 unspecified atom stereocenters. The maximum atomic E-state index is 9.76. The first-order chi connectivity index (χ1) is 8.79. The second-order valence-corrected chi connectivity index (χ2v) is 5.09. The van der Waals surface area contributed by atoms with Gasteiger partial charge in [-0.05, 0) is 25.1 Å². The van der Waals surface area contributed by atoms with Crippen LogP contribution in [0.3, 0.4) is 0 Å². The standard InChI is InChI=1S/C13H18N2O2S/c1-2-7-14-8-10(16)9-18-13-15-11-5-3-4-6-12(11)17-13/h3-6,10,14,16H,2,7-9H2,1H3. The zero-order valence-electron chi connectivity index (χ0n) is 10.4. The fourth-order valence-electron chi connectivity index (χ4n) is 1.58. The van der Waals surface area contributed by atoms with Crippen molar-refractivity contribution in [1.82, 2.24) is 10.3 Å². The lowest BCUT2D eigenvalue weighted by molar-refractivity contribution is 0.196. The number of fused-ring (bicyclic) bond motifs is 1. The molecular formula is C13H18N2O2S. The summed E-state index contributed by atoms with van der Waals surface area (Å²) in [7, 11) is 0. The van der Waals surface area contributed by atoms with Gasteiger partial charge in [0.2, 0.25) is 0 Å². The molecule has 1 atom stereocenters. The third-order valence-corrected chi connectivity index (χ3v) is 3.45. The van der Waals surface area contributed by atoms with Crippen LogP contribution in [0.5, 0.6) is 0 Å². The first-order valence-corrected chi connectivity index (χ1v) is 7.15. The smallest absolute Gasteiger partial charge is 0.256 e. The van der Waals surface area contributed by atoms with E-state index in [0.29, 0.717) is 17.5 Å². The summed E-state index contributed by atoms with van der Waals surface area (Å²) in [6.45, 7) is 3.65. The summed E-state index contributed by atoms with van der Waals surface area (Å²) in [5.74, 6) is 0.587. The number of hydrogen-bond donors (Lipinski definition) is 2. The Morgan fingerprint density at radius 1 is 1.44 bits per heavy atom. The number of rotatable bonds is 7. The third-order valence-electron chi connectivity index (χ3n) is 2.48. The van der Waals surface area contributed by atoms with Crippen molar-refractivity contribution in [1.29, 1.82) is 0 Å². The van der Waals surface area contributed by atoms with Crippen LogP contribution in [0.15, 0.2) is 33.9 Å². The average Bonchev–Trinajstić information content (AvgIpc) is 2.79. The molecule has 0 bridgehead atoms. The average molecular weight is 266 g/mol. The molecule has 4 nitrogen and oxygen atoms in total. The van der Waals surface area contributed by atoms with Crippen LogP contribution in [0.4, 0.5) is 0 Å². The fourth-order valence-corrected chi connectivity index (χ4v) is 2.35. The van der Waals surface area contributed by atoms with E-state index in [1.165, 1.54) is 11.8 Å². The number of para-hydroxylation sites is 2. The van der Waals surface area contributed by atoms with E-state index in [0.717, 1.165) is 24.1 Å². The van der Waals surface area contributed by atoms with E-state index >= 15 is 0 Å². The molecular weight excluding hydrogens is 248 g/mol. The second kappa shape index (κ2) is 6.78. The van der Waals surface area contributed by atoms with E-state index in [1.807, 2.05) is 24.3 Å². The quantitative estimate of drug-likeness (QED) is 0.595. The van der Waals surface area contributed by atoms with Crippen molar-refractivity contribution in [2.45, 2.75) is 24.7 Å². The highest BCUT2D eigenvalue weighted by molar-refractivity contribution is 7.99. The molecule has 0 saturated heterocycles. The van der Waals surface area contributed by atoms with Crippen molar-refractivity contribution < 1.29 is 9.52 Å². The minimum atomic E-state index is -0.378. The molecule has 0 spiro atoms. The Morgan fingerprint density at radius 2 is 2.28 bits per heavy atom. The van der Waals surface area contributed by atoms with E-state index in [9.17, 15) is 5.11 Å². The predicted octanol–water partition coefficient (Wildman–Crippen LogP) is 2.28. The monoisotopic (exact) mass is 266 g/mol. The molecule has 0 aliphatic rings. The topological polar surface area (TPSA) is 58.3 Å². The lowest BCUT2D eigenvalue weighted by atomic mass is 10.3. The number of nitrogens with one attached hydrogen (secondary N) is 1. The van der Waals surface area contributed by atoms with Crippen LogP contribution in [0.1, 0.15) is 13.3 Å². The molecule has 0 amide bonds. The summed E-state index contributed by atoms with van der Waals surface area (Å²) in [5.41, 5.74) is 1.65. The number of oxazole rings is 1. The number of aliphatic hydroxyl groups is 1. The zero-order chi connectivity index (χ0) is 12.8. The Kier molecular flexibility index (Phi) is 5.04. The van der Waals surface area contributed by atoms with Crippen LogP contribution >= 0.6 is 11.8 Å². The molecule has 2 rings (SSSR count). The van der Waals surface area contributed by atoms with Gasteiger partial charge in [-0.1, -0.05) is 30.8 Å². The van der Waals surface area contributed by atoms with Gasteiger partial charge >= 0.3 is 0 Å². The molecule has 1 heterocycles. The van der Waals surface area contributed by atoms with E-state index in [2.05, 4.69) is 17.2 Å². The summed E-state index contributed by atoms with van der Waals surface area (Å²) in [6, 6.07) is 7.67. The van der Waals surface area contributed by atoms with Crippen molar-refractivity contribution in [3.63, 3.8) is 0 Å². The van der Waals surface area contributed by atoms with Crippen molar-refractivity contribution in [3.8, 4) is 0 Å². The number of aromatic nitrogens is 1. The first-order valence-electron chi connectivity index (χ1n) is 6.16. The van der Waals surface area contributed by atoms with Crippen molar-refractivity contribution in [3.05, 3.63) is 24.3 Å². The molecule has 0 radical (unpaired) electrons. The molecule has 18 heavy (non-hydrogen) atoms.